The van der Waals surface area contributed by atoms with Crippen molar-refractivity contribution in [3.05, 3.63) is 30.0 Å². The molecule has 1 aromatic carbocycles. The van der Waals surface area contributed by atoms with Crippen molar-refractivity contribution >= 4 is 22.8 Å². The third kappa shape index (κ3) is 2.57. The quantitative estimate of drug-likeness (QED) is 0.897. The normalized spacial score (nSPS) is 16.2. The minimum Gasteiger partial charge on any atom is -0.366 e. The van der Waals surface area contributed by atoms with E-state index in [0.717, 1.165) is 18.2 Å². The van der Waals surface area contributed by atoms with Gasteiger partial charge in [0.25, 0.3) is 5.91 Å². The van der Waals surface area contributed by atoms with Crippen molar-refractivity contribution in [2.45, 2.75) is 38.1 Å². The van der Waals surface area contributed by atoms with Crippen molar-refractivity contribution in [2.24, 2.45) is 5.73 Å². The average Bonchev–Trinajstić information content (AvgIpc) is 2.47. The van der Waals surface area contributed by atoms with Crippen LogP contribution >= 0.6 is 0 Å². The molecule has 2 aromatic rings. The van der Waals surface area contributed by atoms with Gasteiger partial charge in [0, 0.05) is 17.6 Å². The summed E-state index contributed by atoms with van der Waals surface area (Å²) in [4.78, 5) is 20.3. The van der Waals surface area contributed by atoms with Crippen LogP contribution in [0.4, 0.5) is 5.95 Å². The maximum atomic E-state index is 11.5. The van der Waals surface area contributed by atoms with Gasteiger partial charge in [-0.2, -0.15) is 0 Å². The number of anilines is 1. The highest BCUT2D eigenvalue weighted by Gasteiger charge is 2.15. The molecule has 1 aliphatic carbocycles. The summed E-state index contributed by atoms with van der Waals surface area (Å²) in [7, 11) is 0. The van der Waals surface area contributed by atoms with Gasteiger partial charge in [0.2, 0.25) is 5.95 Å². The van der Waals surface area contributed by atoms with Crippen LogP contribution in [0.15, 0.2) is 24.4 Å². The van der Waals surface area contributed by atoms with E-state index in [2.05, 4.69) is 15.3 Å². The smallest absolute Gasteiger partial charge is 0.250 e. The first-order chi connectivity index (χ1) is 9.74. The van der Waals surface area contributed by atoms with Gasteiger partial charge < -0.3 is 11.1 Å². The van der Waals surface area contributed by atoms with Crippen molar-refractivity contribution in [2.75, 3.05) is 5.32 Å². The first-order valence-corrected chi connectivity index (χ1v) is 7.06. The van der Waals surface area contributed by atoms with Crippen molar-refractivity contribution in [3.63, 3.8) is 0 Å². The number of nitrogens with one attached hydrogen (secondary N) is 1. The van der Waals surface area contributed by atoms with Crippen LogP contribution in [-0.2, 0) is 0 Å². The third-order valence-corrected chi connectivity index (χ3v) is 3.81. The molecular formula is C15H18N4O. The van der Waals surface area contributed by atoms with Crippen molar-refractivity contribution in [1.29, 1.82) is 0 Å². The zero-order valence-electron chi connectivity index (χ0n) is 11.3. The van der Waals surface area contributed by atoms with Crippen molar-refractivity contribution < 1.29 is 4.79 Å². The molecule has 1 heterocycles. The van der Waals surface area contributed by atoms with Crippen LogP contribution in [0.25, 0.3) is 10.9 Å². The predicted molar refractivity (Wildman–Crippen MR) is 78.6 cm³/mol. The molecule has 3 rings (SSSR count). The first-order valence-electron chi connectivity index (χ1n) is 7.06. The van der Waals surface area contributed by atoms with E-state index in [9.17, 15) is 4.79 Å². The Labute approximate surface area is 117 Å². The van der Waals surface area contributed by atoms with Gasteiger partial charge in [-0.15, -0.1) is 0 Å². The first kappa shape index (κ1) is 12.8. The molecule has 3 N–H and O–H groups in total. The maximum absolute atomic E-state index is 11.5. The van der Waals surface area contributed by atoms with Crippen LogP contribution < -0.4 is 11.1 Å². The lowest BCUT2D eigenvalue weighted by molar-refractivity contribution is 0.100. The minimum absolute atomic E-state index is 0.432. The van der Waals surface area contributed by atoms with E-state index in [0.29, 0.717) is 23.1 Å². The highest BCUT2D eigenvalue weighted by Crippen LogP contribution is 2.22. The van der Waals surface area contributed by atoms with Crippen LogP contribution in [0.1, 0.15) is 42.5 Å². The van der Waals surface area contributed by atoms with E-state index in [-0.39, 0.29) is 0 Å². The SMILES string of the molecule is NC(=O)c1cccc2cnc(NC3CCCCC3)nc12. The predicted octanol–water partition coefficient (Wildman–Crippen LogP) is 2.47. The summed E-state index contributed by atoms with van der Waals surface area (Å²) in [5.74, 6) is 0.121. The Hall–Kier alpha value is -2.17. The summed E-state index contributed by atoms with van der Waals surface area (Å²) < 4.78 is 0. The largest absolute Gasteiger partial charge is 0.366 e. The second-order valence-corrected chi connectivity index (χ2v) is 5.28. The van der Waals surface area contributed by atoms with Crippen LogP contribution in [0.5, 0.6) is 0 Å². The second kappa shape index (κ2) is 5.45. The van der Waals surface area contributed by atoms with Crippen molar-refractivity contribution in [3.8, 4) is 0 Å². The Balaban J connectivity index is 1.92. The van der Waals surface area contributed by atoms with Gasteiger partial charge in [0.1, 0.15) is 0 Å². The van der Waals surface area contributed by atoms with Gasteiger partial charge in [0.15, 0.2) is 0 Å². The molecule has 1 fully saturated rings. The number of aromatic nitrogens is 2. The van der Waals surface area contributed by atoms with Gasteiger partial charge in [-0.05, 0) is 18.9 Å². The Morgan fingerprint density at radius 3 is 2.80 bits per heavy atom. The molecule has 1 saturated carbocycles. The number of hydrogen-bond donors (Lipinski definition) is 2. The zero-order valence-corrected chi connectivity index (χ0v) is 11.3. The second-order valence-electron chi connectivity index (χ2n) is 5.28. The molecule has 0 spiro atoms. The summed E-state index contributed by atoms with van der Waals surface area (Å²) >= 11 is 0. The highest BCUT2D eigenvalue weighted by atomic mass is 16.1. The molecule has 1 aliphatic rings. The van der Waals surface area contributed by atoms with Crippen molar-refractivity contribution in [1.82, 2.24) is 9.97 Å². The summed E-state index contributed by atoms with van der Waals surface area (Å²) in [5.41, 5.74) is 6.45. The van der Waals surface area contributed by atoms with Gasteiger partial charge in [0.05, 0.1) is 11.1 Å². The number of rotatable bonds is 3. The molecule has 5 heteroatoms. The summed E-state index contributed by atoms with van der Waals surface area (Å²) in [6, 6.07) is 5.80. The summed E-state index contributed by atoms with van der Waals surface area (Å²) in [6.45, 7) is 0. The number of nitrogens with two attached hydrogens (primary N) is 1. The lowest BCUT2D eigenvalue weighted by atomic mass is 9.96. The lowest BCUT2D eigenvalue weighted by Crippen LogP contribution is -2.23. The van der Waals surface area contributed by atoms with Crippen LogP contribution in [0.2, 0.25) is 0 Å². The lowest BCUT2D eigenvalue weighted by Gasteiger charge is -2.22. The number of benzene rings is 1. The molecule has 104 valence electrons. The van der Waals surface area contributed by atoms with E-state index in [1.807, 2.05) is 6.07 Å². The molecular weight excluding hydrogens is 252 g/mol. The maximum Gasteiger partial charge on any atom is 0.250 e. The molecule has 1 amide bonds. The Kier molecular flexibility index (Phi) is 3.50. The highest BCUT2D eigenvalue weighted by molar-refractivity contribution is 6.04. The molecule has 0 saturated heterocycles. The number of para-hydroxylation sites is 1. The molecule has 0 unspecified atom stereocenters. The molecule has 5 nitrogen and oxygen atoms in total. The van der Waals surface area contributed by atoms with E-state index < -0.39 is 5.91 Å². The molecule has 0 radical (unpaired) electrons. The number of fused-ring (bicyclic) bond motifs is 1. The fraction of sp³-hybridized carbons (Fsp3) is 0.400. The number of hydrogen-bond acceptors (Lipinski definition) is 4. The number of nitrogens with zero attached hydrogens (tertiary/aromatic N) is 2. The van der Waals surface area contributed by atoms with E-state index in [4.69, 9.17) is 5.73 Å². The molecule has 20 heavy (non-hydrogen) atoms. The van der Waals surface area contributed by atoms with E-state index in [1.165, 1.54) is 19.3 Å². The van der Waals surface area contributed by atoms with Crippen LogP contribution in [0, 0.1) is 0 Å². The Bertz CT molecular complexity index is 635. The van der Waals surface area contributed by atoms with E-state index in [1.54, 1.807) is 18.3 Å². The zero-order chi connectivity index (χ0) is 13.9. The Morgan fingerprint density at radius 2 is 2.05 bits per heavy atom. The number of carbonyl (C=O) groups is 1. The monoisotopic (exact) mass is 270 g/mol. The van der Waals surface area contributed by atoms with Gasteiger partial charge in [-0.25, -0.2) is 9.97 Å². The third-order valence-electron chi connectivity index (χ3n) is 3.81. The van der Waals surface area contributed by atoms with E-state index >= 15 is 0 Å². The Morgan fingerprint density at radius 1 is 1.25 bits per heavy atom. The summed E-state index contributed by atoms with van der Waals surface area (Å²) in [5, 5.41) is 4.19. The van der Waals surface area contributed by atoms with Gasteiger partial charge in [-0.1, -0.05) is 31.4 Å². The van der Waals surface area contributed by atoms with Crippen LogP contribution in [-0.4, -0.2) is 21.9 Å². The average molecular weight is 270 g/mol. The number of carbonyl (C=O) groups excluding carboxylic acids is 1. The molecule has 0 bridgehead atoms. The number of primary amides is 1. The fourth-order valence-electron chi connectivity index (χ4n) is 2.75. The minimum atomic E-state index is -0.460. The van der Waals surface area contributed by atoms with Gasteiger partial charge in [-0.3, -0.25) is 4.79 Å². The number of amides is 1. The molecule has 0 atom stereocenters. The molecule has 1 aromatic heterocycles. The van der Waals surface area contributed by atoms with Gasteiger partial charge >= 0.3 is 0 Å². The van der Waals surface area contributed by atoms with Crippen LogP contribution in [0.3, 0.4) is 0 Å². The summed E-state index contributed by atoms with van der Waals surface area (Å²) in [6.07, 6.45) is 7.84. The molecule has 0 aliphatic heterocycles. The standard InChI is InChI=1S/C15H18N4O/c16-14(20)12-8-4-5-10-9-17-15(19-13(10)12)18-11-6-2-1-3-7-11/h4-5,8-9,11H,1-3,6-7H2,(H2,16,20)(H,17,18,19). The topological polar surface area (TPSA) is 80.9 Å². The fourth-order valence-corrected chi connectivity index (χ4v) is 2.75.